The normalized spacial score (nSPS) is 13.6. The molecule has 0 aliphatic carbocycles. The second-order valence-electron chi connectivity index (χ2n) is 7.19. The molecule has 4 rings (SSSR count). The average molecular weight is 449 g/mol. The highest BCUT2D eigenvalue weighted by molar-refractivity contribution is 6.46. The number of benzene rings is 3. The molecule has 162 valence electrons. The van der Waals surface area contributed by atoms with Crippen molar-refractivity contribution < 1.29 is 19.1 Å². The van der Waals surface area contributed by atoms with E-state index in [1.54, 1.807) is 73.8 Å². The van der Waals surface area contributed by atoms with Gasteiger partial charge in [-0.15, -0.1) is 0 Å². The summed E-state index contributed by atoms with van der Waals surface area (Å²) in [6, 6.07) is 19.3. The fourth-order valence-corrected chi connectivity index (χ4v) is 3.72. The molecule has 0 saturated carbocycles. The van der Waals surface area contributed by atoms with E-state index in [2.05, 4.69) is 5.32 Å². The van der Waals surface area contributed by atoms with Gasteiger partial charge in [0.2, 0.25) is 0 Å². The van der Waals surface area contributed by atoms with Crippen molar-refractivity contribution in [1.29, 1.82) is 0 Å². The first-order valence-electron chi connectivity index (χ1n) is 9.88. The van der Waals surface area contributed by atoms with Gasteiger partial charge in [0, 0.05) is 22.3 Å². The molecule has 1 aliphatic heterocycles. The molecule has 1 N–H and O–H groups in total. The molecule has 7 heteroatoms. The Hall–Kier alpha value is -3.77. The van der Waals surface area contributed by atoms with Gasteiger partial charge in [-0.3, -0.25) is 9.59 Å². The van der Waals surface area contributed by atoms with Crippen LogP contribution in [0.2, 0.25) is 5.02 Å². The van der Waals surface area contributed by atoms with Crippen molar-refractivity contribution >= 4 is 40.4 Å². The molecule has 0 fully saturated rings. The van der Waals surface area contributed by atoms with Crippen LogP contribution in [0.1, 0.15) is 11.1 Å². The fourth-order valence-electron chi connectivity index (χ4n) is 3.55. The zero-order chi connectivity index (χ0) is 22.8. The molecular formula is C25H21ClN2O4. The number of methoxy groups -OCH3 is 2. The molecule has 0 atom stereocenters. The Balaban J connectivity index is 1.86. The molecule has 1 aliphatic rings. The number of para-hydroxylation sites is 1. The summed E-state index contributed by atoms with van der Waals surface area (Å²) in [4.78, 5) is 28.2. The largest absolute Gasteiger partial charge is 0.497 e. The van der Waals surface area contributed by atoms with Crippen LogP contribution in [0.3, 0.4) is 0 Å². The third-order valence-electron chi connectivity index (χ3n) is 5.21. The molecule has 0 bridgehead atoms. The molecule has 3 aromatic rings. The van der Waals surface area contributed by atoms with E-state index in [0.717, 1.165) is 10.5 Å². The summed E-state index contributed by atoms with van der Waals surface area (Å²) in [5.74, 6) is 0.147. The minimum atomic E-state index is -0.487. The van der Waals surface area contributed by atoms with Gasteiger partial charge in [-0.05, 0) is 42.8 Å². The predicted octanol–water partition coefficient (Wildman–Crippen LogP) is 5.06. The third-order valence-corrected chi connectivity index (χ3v) is 5.62. The van der Waals surface area contributed by atoms with Gasteiger partial charge in [-0.1, -0.05) is 41.9 Å². The van der Waals surface area contributed by atoms with E-state index in [9.17, 15) is 9.59 Å². The van der Waals surface area contributed by atoms with Gasteiger partial charge in [-0.2, -0.15) is 0 Å². The highest BCUT2D eigenvalue weighted by Crippen LogP contribution is 2.38. The first kappa shape index (κ1) is 21.5. The molecule has 0 spiro atoms. The van der Waals surface area contributed by atoms with Crippen LogP contribution >= 0.6 is 11.6 Å². The molecule has 2 amide bonds. The van der Waals surface area contributed by atoms with Crippen LogP contribution < -0.4 is 19.7 Å². The number of carbonyl (C=O) groups is 2. The maximum atomic E-state index is 13.6. The second kappa shape index (κ2) is 8.77. The predicted molar refractivity (Wildman–Crippen MR) is 125 cm³/mol. The van der Waals surface area contributed by atoms with Gasteiger partial charge in [0.05, 0.1) is 25.5 Å². The maximum absolute atomic E-state index is 13.6. The van der Waals surface area contributed by atoms with Crippen LogP contribution in [0.4, 0.5) is 11.4 Å². The summed E-state index contributed by atoms with van der Waals surface area (Å²) in [6.07, 6.45) is 0. The summed E-state index contributed by atoms with van der Waals surface area (Å²) in [5.41, 5.74) is 2.72. The summed E-state index contributed by atoms with van der Waals surface area (Å²) in [7, 11) is 3.08. The number of anilines is 2. The number of nitrogens with zero attached hydrogens (tertiary/aromatic N) is 1. The monoisotopic (exact) mass is 448 g/mol. The Morgan fingerprint density at radius 3 is 2.38 bits per heavy atom. The van der Waals surface area contributed by atoms with Crippen LogP contribution in [0.15, 0.2) is 72.4 Å². The Morgan fingerprint density at radius 1 is 0.875 bits per heavy atom. The summed E-state index contributed by atoms with van der Waals surface area (Å²) >= 11 is 6.28. The molecule has 1 heterocycles. The Bertz CT molecular complexity index is 1250. The van der Waals surface area contributed by atoms with Crippen LogP contribution in [0, 0.1) is 6.92 Å². The number of halogens is 1. The van der Waals surface area contributed by atoms with Crippen molar-refractivity contribution in [3.8, 4) is 11.5 Å². The van der Waals surface area contributed by atoms with E-state index in [1.165, 1.54) is 7.11 Å². The van der Waals surface area contributed by atoms with Gasteiger partial charge < -0.3 is 14.8 Å². The van der Waals surface area contributed by atoms with E-state index < -0.39 is 11.8 Å². The quantitative estimate of drug-likeness (QED) is 0.534. The van der Waals surface area contributed by atoms with Crippen molar-refractivity contribution in [3.63, 3.8) is 0 Å². The summed E-state index contributed by atoms with van der Waals surface area (Å²) in [6.45, 7) is 1.86. The minimum Gasteiger partial charge on any atom is -0.497 e. The van der Waals surface area contributed by atoms with E-state index in [-0.39, 0.29) is 11.3 Å². The lowest BCUT2D eigenvalue weighted by Gasteiger charge is -2.16. The van der Waals surface area contributed by atoms with Crippen molar-refractivity contribution in [2.75, 3.05) is 24.4 Å². The molecule has 32 heavy (non-hydrogen) atoms. The molecule has 0 radical (unpaired) electrons. The standard InChI is InChI=1S/C25H21ClN2O4/c1-15-11-12-17(14-20(15)26)28-24(29)22(19-9-4-5-10-21(19)32-3)23(25(28)30)27-16-7-6-8-18(13-16)31-2/h4-14,27H,1-3H3. The highest BCUT2D eigenvalue weighted by Gasteiger charge is 2.41. The van der Waals surface area contributed by atoms with E-state index in [0.29, 0.717) is 33.5 Å². The minimum absolute atomic E-state index is 0.143. The number of aryl methyl sites for hydroxylation is 1. The van der Waals surface area contributed by atoms with Gasteiger partial charge in [0.1, 0.15) is 17.2 Å². The number of carbonyl (C=O) groups excluding carboxylic acids is 2. The molecular weight excluding hydrogens is 428 g/mol. The average Bonchev–Trinajstić information content (AvgIpc) is 3.05. The lowest BCUT2D eigenvalue weighted by Crippen LogP contribution is -2.32. The van der Waals surface area contributed by atoms with Crippen molar-refractivity contribution in [1.82, 2.24) is 0 Å². The number of nitrogens with one attached hydrogen (secondary N) is 1. The molecule has 6 nitrogen and oxygen atoms in total. The molecule has 3 aromatic carbocycles. The summed E-state index contributed by atoms with van der Waals surface area (Å²) in [5, 5.41) is 3.59. The fraction of sp³-hybridized carbons (Fsp3) is 0.120. The Morgan fingerprint density at radius 2 is 1.66 bits per heavy atom. The van der Waals surface area contributed by atoms with Gasteiger partial charge in [-0.25, -0.2) is 4.90 Å². The molecule has 0 unspecified atom stereocenters. The number of imide groups is 1. The number of amides is 2. The van der Waals surface area contributed by atoms with Crippen LogP contribution in [0.25, 0.3) is 5.57 Å². The van der Waals surface area contributed by atoms with Gasteiger partial charge in [0.25, 0.3) is 11.8 Å². The van der Waals surface area contributed by atoms with E-state index in [4.69, 9.17) is 21.1 Å². The van der Waals surface area contributed by atoms with Gasteiger partial charge in [0.15, 0.2) is 0 Å². The third kappa shape index (κ3) is 3.81. The number of hydrogen-bond donors (Lipinski definition) is 1. The topological polar surface area (TPSA) is 67.9 Å². The number of rotatable bonds is 6. The molecule has 0 aromatic heterocycles. The van der Waals surface area contributed by atoms with E-state index >= 15 is 0 Å². The second-order valence-corrected chi connectivity index (χ2v) is 7.59. The number of ether oxygens (including phenoxy) is 2. The van der Waals surface area contributed by atoms with Crippen molar-refractivity contribution in [2.24, 2.45) is 0 Å². The van der Waals surface area contributed by atoms with Crippen molar-refractivity contribution in [3.05, 3.63) is 88.6 Å². The van der Waals surface area contributed by atoms with E-state index in [1.807, 2.05) is 6.92 Å². The molecule has 0 saturated heterocycles. The van der Waals surface area contributed by atoms with Crippen LogP contribution in [-0.2, 0) is 9.59 Å². The maximum Gasteiger partial charge on any atom is 0.282 e. The lowest BCUT2D eigenvalue weighted by atomic mass is 10.0. The Kier molecular flexibility index (Phi) is 5.88. The smallest absolute Gasteiger partial charge is 0.282 e. The first-order valence-corrected chi connectivity index (χ1v) is 10.3. The summed E-state index contributed by atoms with van der Waals surface area (Å²) < 4.78 is 10.7. The Labute approximate surface area is 191 Å². The highest BCUT2D eigenvalue weighted by atomic mass is 35.5. The zero-order valence-corrected chi connectivity index (χ0v) is 18.6. The van der Waals surface area contributed by atoms with Crippen LogP contribution in [-0.4, -0.2) is 26.0 Å². The lowest BCUT2D eigenvalue weighted by molar-refractivity contribution is -0.120. The first-order chi connectivity index (χ1) is 15.4. The van der Waals surface area contributed by atoms with Crippen molar-refractivity contribution in [2.45, 2.75) is 6.92 Å². The van der Waals surface area contributed by atoms with Crippen LogP contribution in [0.5, 0.6) is 11.5 Å². The SMILES string of the molecule is COc1cccc(NC2=C(c3ccccc3OC)C(=O)N(c3ccc(C)c(Cl)c3)C2=O)c1. The number of hydrogen-bond acceptors (Lipinski definition) is 5. The van der Waals surface area contributed by atoms with Gasteiger partial charge >= 0.3 is 0 Å². The zero-order valence-electron chi connectivity index (χ0n) is 17.8.